The molecule has 0 amide bonds. The normalized spacial score (nSPS) is 12.1. The minimum absolute atomic E-state index is 0.0167. The van der Waals surface area contributed by atoms with Crippen LogP contribution in [0.15, 0.2) is 48.0 Å². The van der Waals surface area contributed by atoms with Crippen LogP contribution in [0.4, 0.5) is 0 Å². The van der Waals surface area contributed by atoms with E-state index in [2.05, 4.69) is 9.47 Å². The second kappa shape index (κ2) is 7.74. The van der Waals surface area contributed by atoms with Crippen molar-refractivity contribution in [3.8, 4) is 11.5 Å². The minimum Gasteiger partial charge on any atom is -0.488 e. The Kier molecular flexibility index (Phi) is 5.21. The molecule has 0 unspecified atom stereocenters. The quantitative estimate of drug-likeness (QED) is 0.605. The summed E-state index contributed by atoms with van der Waals surface area (Å²) in [6.45, 7) is 0.0520. The Morgan fingerprint density at radius 2 is 1.52 bits per heavy atom. The fourth-order valence-electron chi connectivity index (χ4n) is 2.54. The highest BCUT2D eigenvalue weighted by molar-refractivity contribution is 5.98. The zero-order valence-electron chi connectivity index (χ0n) is 14.7. The molecule has 0 radical (unpaired) electrons. The van der Waals surface area contributed by atoms with Crippen LogP contribution in [0.1, 0.15) is 26.3 Å². The molecule has 0 saturated carbocycles. The molecule has 138 valence electrons. The summed E-state index contributed by atoms with van der Waals surface area (Å²) in [5, 5.41) is 0. The van der Waals surface area contributed by atoms with Gasteiger partial charge in [0, 0.05) is 5.56 Å². The minimum atomic E-state index is -0.674. The fraction of sp³-hybridized carbons (Fsp3) is 0.150. The van der Waals surface area contributed by atoms with Crippen molar-refractivity contribution in [2.45, 2.75) is 0 Å². The van der Waals surface area contributed by atoms with Crippen LogP contribution in [-0.4, -0.2) is 38.7 Å². The van der Waals surface area contributed by atoms with E-state index in [4.69, 9.17) is 9.47 Å². The van der Waals surface area contributed by atoms with Crippen molar-refractivity contribution in [3.05, 3.63) is 64.7 Å². The van der Waals surface area contributed by atoms with Gasteiger partial charge in [-0.1, -0.05) is 18.2 Å². The van der Waals surface area contributed by atoms with E-state index in [0.717, 1.165) is 5.56 Å². The van der Waals surface area contributed by atoms with Crippen molar-refractivity contribution >= 4 is 24.0 Å². The number of fused-ring (bicyclic) bond motifs is 1. The van der Waals surface area contributed by atoms with Crippen molar-refractivity contribution in [2.75, 3.05) is 20.8 Å². The summed E-state index contributed by atoms with van der Waals surface area (Å²) in [5.74, 6) is -1.31. The molecule has 1 aliphatic heterocycles. The molecular weight excluding hydrogens is 352 g/mol. The van der Waals surface area contributed by atoms with Crippen LogP contribution in [-0.2, 0) is 14.3 Å². The fourth-order valence-corrected chi connectivity index (χ4v) is 2.54. The van der Waals surface area contributed by atoms with Crippen molar-refractivity contribution < 1.29 is 33.3 Å². The lowest BCUT2D eigenvalue weighted by Gasteiger charge is -2.17. The maximum atomic E-state index is 12.5. The van der Waals surface area contributed by atoms with Gasteiger partial charge in [-0.25, -0.2) is 14.4 Å². The smallest absolute Gasteiger partial charge is 0.342 e. The van der Waals surface area contributed by atoms with E-state index in [1.54, 1.807) is 12.1 Å². The van der Waals surface area contributed by atoms with Gasteiger partial charge in [0.15, 0.2) is 0 Å². The molecule has 7 nitrogen and oxygen atoms in total. The molecule has 2 aromatic rings. The van der Waals surface area contributed by atoms with E-state index in [-0.39, 0.29) is 23.5 Å². The van der Waals surface area contributed by atoms with Gasteiger partial charge < -0.3 is 18.9 Å². The molecule has 3 rings (SSSR count). The lowest BCUT2D eigenvalue weighted by molar-refractivity contribution is -0.130. The molecule has 0 bridgehead atoms. The summed E-state index contributed by atoms with van der Waals surface area (Å²) in [5.41, 5.74) is 1.18. The van der Waals surface area contributed by atoms with E-state index < -0.39 is 17.9 Å². The molecule has 0 atom stereocenters. The van der Waals surface area contributed by atoms with Gasteiger partial charge in [-0.15, -0.1) is 0 Å². The molecule has 7 heteroatoms. The summed E-state index contributed by atoms with van der Waals surface area (Å²) in [4.78, 5) is 36.1. The molecule has 0 aliphatic carbocycles. The van der Waals surface area contributed by atoms with Crippen LogP contribution in [0.25, 0.3) is 6.08 Å². The summed E-state index contributed by atoms with van der Waals surface area (Å²) in [6.07, 6.45) is 1.67. The number of carbonyl (C=O) groups excluding carboxylic acids is 3. The van der Waals surface area contributed by atoms with Crippen LogP contribution in [0.5, 0.6) is 11.5 Å². The van der Waals surface area contributed by atoms with Crippen molar-refractivity contribution in [2.24, 2.45) is 0 Å². The molecule has 27 heavy (non-hydrogen) atoms. The lowest BCUT2D eigenvalue weighted by Crippen LogP contribution is -2.19. The molecule has 0 aromatic heterocycles. The lowest BCUT2D eigenvalue weighted by atomic mass is 10.1. The van der Waals surface area contributed by atoms with Crippen LogP contribution >= 0.6 is 0 Å². The van der Waals surface area contributed by atoms with Crippen LogP contribution in [0, 0.1) is 0 Å². The topological polar surface area (TPSA) is 88.1 Å². The SMILES string of the molecule is COC(=O)c1cc(OC(=O)C2=Cc3ccccc3OC2)cc(C(=O)OC)c1. The number of carbonyl (C=O) groups is 3. The number of hydrogen-bond acceptors (Lipinski definition) is 7. The molecule has 1 heterocycles. The zero-order valence-corrected chi connectivity index (χ0v) is 14.7. The van der Waals surface area contributed by atoms with Gasteiger partial charge in [-0.2, -0.15) is 0 Å². The first-order valence-electron chi connectivity index (χ1n) is 7.98. The molecule has 0 saturated heterocycles. The molecule has 2 aromatic carbocycles. The third kappa shape index (κ3) is 3.98. The highest BCUT2D eigenvalue weighted by Gasteiger charge is 2.21. The average Bonchev–Trinajstić information content (AvgIpc) is 2.71. The van der Waals surface area contributed by atoms with Crippen molar-refractivity contribution in [1.29, 1.82) is 0 Å². The van der Waals surface area contributed by atoms with E-state index in [9.17, 15) is 14.4 Å². The molecule has 1 aliphatic rings. The Balaban J connectivity index is 1.88. The van der Waals surface area contributed by atoms with Gasteiger partial charge >= 0.3 is 17.9 Å². The number of methoxy groups -OCH3 is 2. The highest BCUT2D eigenvalue weighted by Crippen LogP contribution is 2.27. The Morgan fingerprint density at radius 1 is 0.889 bits per heavy atom. The number of esters is 3. The molecule has 0 N–H and O–H groups in total. The van der Waals surface area contributed by atoms with Crippen molar-refractivity contribution in [3.63, 3.8) is 0 Å². The van der Waals surface area contributed by atoms with Crippen molar-refractivity contribution in [1.82, 2.24) is 0 Å². The van der Waals surface area contributed by atoms with Crippen LogP contribution in [0.3, 0.4) is 0 Å². The number of para-hydroxylation sites is 1. The second-order valence-electron chi connectivity index (χ2n) is 5.61. The first-order chi connectivity index (χ1) is 13.0. The average molecular weight is 368 g/mol. The van der Waals surface area contributed by atoms with E-state index in [1.807, 2.05) is 18.2 Å². The molecule has 0 spiro atoms. The molecular formula is C20H16O7. The predicted octanol–water partition coefficient (Wildman–Crippen LogP) is 2.64. The number of hydrogen-bond donors (Lipinski definition) is 0. The number of rotatable bonds is 4. The Labute approximate surface area is 155 Å². The largest absolute Gasteiger partial charge is 0.488 e. The summed E-state index contributed by atoms with van der Waals surface area (Å²) in [6, 6.07) is 11.2. The van der Waals surface area contributed by atoms with E-state index >= 15 is 0 Å². The van der Waals surface area contributed by atoms with Gasteiger partial charge in [0.05, 0.1) is 30.9 Å². The number of benzene rings is 2. The Morgan fingerprint density at radius 3 is 2.15 bits per heavy atom. The standard InChI is InChI=1S/C20H16O7/c1-24-18(21)13-8-14(19(22)25-2)10-16(9-13)27-20(23)15-7-12-5-3-4-6-17(12)26-11-15/h3-10H,11H2,1-2H3. The van der Waals surface area contributed by atoms with Gasteiger partial charge in [-0.05, 0) is 30.3 Å². The zero-order chi connectivity index (χ0) is 19.4. The van der Waals surface area contributed by atoms with Gasteiger partial charge in [0.25, 0.3) is 0 Å². The summed E-state index contributed by atoms with van der Waals surface area (Å²) in [7, 11) is 2.42. The van der Waals surface area contributed by atoms with Gasteiger partial charge in [0.1, 0.15) is 18.1 Å². The maximum Gasteiger partial charge on any atom is 0.342 e. The summed E-state index contributed by atoms with van der Waals surface area (Å²) >= 11 is 0. The second-order valence-corrected chi connectivity index (χ2v) is 5.61. The third-order valence-corrected chi connectivity index (χ3v) is 3.85. The van der Waals surface area contributed by atoms with E-state index in [0.29, 0.717) is 11.3 Å². The maximum absolute atomic E-state index is 12.5. The molecule has 0 fully saturated rings. The summed E-state index contributed by atoms with van der Waals surface area (Å²) < 4.78 is 20.2. The third-order valence-electron chi connectivity index (χ3n) is 3.85. The monoisotopic (exact) mass is 368 g/mol. The van der Waals surface area contributed by atoms with Gasteiger partial charge in [0.2, 0.25) is 0 Å². The first kappa shape index (κ1) is 18.2. The highest BCUT2D eigenvalue weighted by atomic mass is 16.5. The van der Waals surface area contributed by atoms with E-state index in [1.165, 1.54) is 32.4 Å². The Bertz CT molecular complexity index is 909. The van der Waals surface area contributed by atoms with Crippen LogP contribution in [0.2, 0.25) is 0 Å². The first-order valence-corrected chi connectivity index (χ1v) is 7.98. The predicted molar refractivity (Wildman–Crippen MR) is 94.7 cm³/mol. The van der Waals surface area contributed by atoms with Crippen LogP contribution < -0.4 is 9.47 Å². The Hall–Kier alpha value is -3.61. The van der Waals surface area contributed by atoms with Gasteiger partial charge in [-0.3, -0.25) is 0 Å². The number of ether oxygens (including phenoxy) is 4.